The van der Waals surface area contributed by atoms with Crippen molar-refractivity contribution >= 4 is 34.5 Å². The summed E-state index contributed by atoms with van der Waals surface area (Å²) in [5.74, 6) is 0.176. The molecule has 0 aliphatic heterocycles. The SMILES string of the molecule is CC(C)CCC(Cc1c[nH]c2ccccc12)NC(=O)C(=N)S. The maximum absolute atomic E-state index is 11.8. The third kappa shape index (κ3) is 4.37. The zero-order chi connectivity index (χ0) is 16.1. The first kappa shape index (κ1) is 16.6. The van der Waals surface area contributed by atoms with Gasteiger partial charge in [0, 0.05) is 23.1 Å². The highest BCUT2D eigenvalue weighted by atomic mass is 32.1. The standard InChI is InChI=1S/C17H23N3OS/c1-11(2)7-8-13(20-17(21)16(18)22)9-12-10-19-15-6-4-3-5-14(12)15/h3-6,10-11,13,19H,7-9H2,1-2H3,(H2,18,22)(H,20,21). The Morgan fingerprint density at radius 2 is 2.05 bits per heavy atom. The molecule has 3 N–H and O–H groups in total. The van der Waals surface area contributed by atoms with Crippen molar-refractivity contribution in [1.82, 2.24) is 10.3 Å². The summed E-state index contributed by atoms with van der Waals surface area (Å²) in [6.45, 7) is 4.34. The topological polar surface area (TPSA) is 68.7 Å². The van der Waals surface area contributed by atoms with Gasteiger partial charge in [0.25, 0.3) is 5.91 Å². The summed E-state index contributed by atoms with van der Waals surface area (Å²) in [7, 11) is 0. The molecule has 0 radical (unpaired) electrons. The van der Waals surface area contributed by atoms with Crippen molar-refractivity contribution in [2.24, 2.45) is 5.92 Å². The van der Waals surface area contributed by atoms with Gasteiger partial charge in [-0.05, 0) is 36.8 Å². The highest BCUT2D eigenvalue weighted by Crippen LogP contribution is 2.20. The van der Waals surface area contributed by atoms with Gasteiger partial charge >= 0.3 is 0 Å². The Kier molecular flexibility index (Phi) is 5.66. The summed E-state index contributed by atoms with van der Waals surface area (Å²) in [5.41, 5.74) is 2.30. The van der Waals surface area contributed by atoms with Crippen molar-refractivity contribution in [2.75, 3.05) is 0 Å². The first-order valence-electron chi connectivity index (χ1n) is 7.60. The van der Waals surface area contributed by atoms with Gasteiger partial charge in [-0.2, -0.15) is 0 Å². The molecule has 4 nitrogen and oxygen atoms in total. The van der Waals surface area contributed by atoms with Crippen LogP contribution in [0.2, 0.25) is 0 Å². The van der Waals surface area contributed by atoms with Crippen LogP contribution in [0.4, 0.5) is 0 Å². The lowest BCUT2D eigenvalue weighted by Gasteiger charge is -2.19. The Balaban J connectivity index is 2.13. The van der Waals surface area contributed by atoms with E-state index in [1.54, 1.807) is 0 Å². The van der Waals surface area contributed by atoms with Gasteiger partial charge < -0.3 is 10.3 Å². The fourth-order valence-electron chi connectivity index (χ4n) is 2.58. The molecule has 0 aliphatic carbocycles. The summed E-state index contributed by atoms with van der Waals surface area (Å²) in [5, 5.41) is 11.2. The molecule has 1 amide bonds. The van der Waals surface area contributed by atoms with Crippen LogP contribution in [0.3, 0.4) is 0 Å². The second kappa shape index (κ2) is 7.49. The number of amides is 1. The summed E-state index contributed by atoms with van der Waals surface area (Å²) in [6.07, 6.45) is 4.69. The molecule has 0 saturated carbocycles. The first-order chi connectivity index (χ1) is 10.5. The van der Waals surface area contributed by atoms with Crippen LogP contribution in [0, 0.1) is 11.3 Å². The zero-order valence-corrected chi connectivity index (χ0v) is 13.9. The Morgan fingerprint density at radius 3 is 2.73 bits per heavy atom. The number of aromatic amines is 1. The number of thiol groups is 1. The molecular formula is C17H23N3OS. The second-order valence-electron chi connectivity index (χ2n) is 6.05. The van der Waals surface area contributed by atoms with Gasteiger partial charge in [0.1, 0.15) is 5.04 Å². The van der Waals surface area contributed by atoms with E-state index in [2.05, 4.69) is 42.8 Å². The van der Waals surface area contributed by atoms with E-state index < -0.39 is 5.91 Å². The second-order valence-corrected chi connectivity index (χ2v) is 6.50. The van der Waals surface area contributed by atoms with Gasteiger partial charge in [-0.25, -0.2) is 0 Å². The number of rotatable bonds is 7. The predicted molar refractivity (Wildman–Crippen MR) is 94.7 cm³/mol. The number of hydrogen-bond acceptors (Lipinski definition) is 2. The van der Waals surface area contributed by atoms with Crippen LogP contribution >= 0.6 is 12.6 Å². The summed E-state index contributed by atoms with van der Waals surface area (Å²) >= 11 is 3.81. The fraction of sp³-hybridized carbons (Fsp3) is 0.412. The smallest absolute Gasteiger partial charge is 0.275 e. The van der Waals surface area contributed by atoms with E-state index in [9.17, 15) is 4.79 Å². The third-order valence-electron chi connectivity index (χ3n) is 3.78. The van der Waals surface area contributed by atoms with Crippen molar-refractivity contribution in [2.45, 2.75) is 39.2 Å². The van der Waals surface area contributed by atoms with Gasteiger partial charge in [0.05, 0.1) is 0 Å². The molecule has 1 heterocycles. The van der Waals surface area contributed by atoms with E-state index in [-0.39, 0.29) is 11.1 Å². The predicted octanol–water partition coefficient (Wildman–Crippen LogP) is 3.54. The summed E-state index contributed by atoms with van der Waals surface area (Å²) in [6, 6.07) is 8.17. The Bertz CT molecular complexity index is 663. The van der Waals surface area contributed by atoms with Crippen LogP contribution < -0.4 is 5.32 Å². The monoisotopic (exact) mass is 317 g/mol. The summed E-state index contributed by atoms with van der Waals surface area (Å²) in [4.78, 5) is 15.0. The van der Waals surface area contributed by atoms with E-state index in [0.717, 1.165) is 24.8 Å². The molecule has 0 spiro atoms. The number of hydrogen-bond donors (Lipinski definition) is 4. The number of carbonyl (C=O) groups is 1. The lowest BCUT2D eigenvalue weighted by Crippen LogP contribution is -2.39. The number of H-pyrrole nitrogens is 1. The van der Waals surface area contributed by atoms with E-state index in [1.165, 1.54) is 10.9 Å². The van der Waals surface area contributed by atoms with E-state index >= 15 is 0 Å². The number of nitrogens with one attached hydrogen (secondary N) is 3. The van der Waals surface area contributed by atoms with Gasteiger partial charge in [0.2, 0.25) is 0 Å². The van der Waals surface area contributed by atoms with Crippen molar-refractivity contribution in [3.8, 4) is 0 Å². The van der Waals surface area contributed by atoms with Crippen LogP contribution in [0.5, 0.6) is 0 Å². The number of benzene rings is 1. The number of para-hydroxylation sites is 1. The molecule has 0 fully saturated rings. The van der Waals surface area contributed by atoms with Crippen LogP contribution in [0.1, 0.15) is 32.3 Å². The van der Waals surface area contributed by atoms with Crippen molar-refractivity contribution < 1.29 is 4.79 Å². The molecule has 2 rings (SSSR count). The molecule has 1 unspecified atom stereocenters. The lowest BCUT2D eigenvalue weighted by atomic mass is 9.97. The first-order valence-corrected chi connectivity index (χ1v) is 8.05. The minimum atomic E-state index is -0.406. The maximum atomic E-state index is 11.8. The maximum Gasteiger partial charge on any atom is 0.275 e. The molecule has 5 heteroatoms. The fourth-order valence-corrected chi connectivity index (χ4v) is 2.64. The largest absolute Gasteiger partial charge is 0.361 e. The third-order valence-corrected chi connectivity index (χ3v) is 3.99. The van der Waals surface area contributed by atoms with Crippen LogP contribution in [0.25, 0.3) is 10.9 Å². The van der Waals surface area contributed by atoms with Gasteiger partial charge in [-0.1, -0.05) is 32.0 Å². The van der Waals surface area contributed by atoms with Crippen LogP contribution in [-0.4, -0.2) is 22.0 Å². The van der Waals surface area contributed by atoms with Crippen molar-refractivity contribution in [3.05, 3.63) is 36.0 Å². The Morgan fingerprint density at radius 1 is 1.32 bits per heavy atom. The molecule has 2 aromatic rings. The van der Waals surface area contributed by atoms with Gasteiger partial charge in [0.15, 0.2) is 0 Å². The minimum absolute atomic E-state index is 0.0154. The Labute approximate surface area is 136 Å². The molecule has 0 aliphatic rings. The molecule has 1 atom stereocenters. The normalized spacial score (nSPS) is 12.5. The zero-order valence-electron chi connectivity index (χ0n) is 13.0. The van der Waals surface area contributed by atoms with Gasteiger partial charge in [-0.15, -0.1) is 12.6 Å². The molecule has 0 bridgehead atoms. The molecule has 1 aromatic heterocycles. The quantitative estimate of drug-likeness (QED) is 0.352. The van der Waals surface area contributed by atoms with Gasteiger partial charge in [-0.3, -0.25) is 10.2 Å². The minimum Gasteiger partial charge on any atom is -0.361 e. The number of carbonyl (C=O) groups excluding carboxylic acids is 1. The average Bonchev–Trinajstić information content (AvgIpc) is 2.88. The molecule has 118 valence electrons. The highest BCUT2D eigenvalue weighted by molar-refractivity contribution is 7.99. The summed E-state index contributed by atoms with van der Waals surface area (Å²) < 4.78 is 0. The molecule has 0 saturated heterocycles. The molecular weight excluding hydrogens is 294 g/mol. The van der Waals surface area contributed by atoms with E-state index in [1.807, 2.05) is 24.4 Å². The van der Waals surface area contributed by atoms with Crippen molar-refractivity contribution in [1.29, 1.82) is 5.41 Å². The van der Waals surface area contributed by atoms with E-state index in [4.69, 9.17) is 5.41 Å². The van der Waals surface area contributed by atoms with E-state index in [0.29, 0.717) is 5.92 Å². The average molecular weight is 317 g/mol. The highest BCUT2D eigenvalue weighted by Gasteiger charge is 2.17. The molecule has 22 heavy (non-hydrogen) atoms. The van der Waals surface area contributed by atoms with Crippen LogP contribution in [-0.2, 0) is 11.2 Å². The number of aromatic nitrogens is 1. The van der Waals surface area contributed by atoms with Crippen LogP contribution in [0.15, 0.2) is 30.5 Å². The lowest BCUT2D eigenvalue weighted by molar-refractivity contribution is -0.115. The number of fused-ring (bicyclic) bond motifs is 1. The Hall–Kier alpha value is -1.75. The molecule has 1 aromatic carbocycles. The van der Waals surface area contributed by atoms with Crippen molar-refractivity contribution in [3.63, 3.8) is 0 Å².